The maximum absolute atomic E-state index is 9.47. The van der Waals surface area contributed by atoms with Gasteiger partial charge in [-0.1, -0.05) is 6.07 Å². The molecule has 0 aliphatic carbocycles. The number of aliphatic hydroxyl groups is 1. The topological polar surface area (TPSA) is 45.6 Å². The molecule has 2 atom stereocenters. The van der Waals surface area contributed by atoms with E-state index in [2.05, 4.69) is 16.8 Å². The number of aliphatic hydroxyl groups excluding tert-OH is 1. The molecule has 0 spiro atoms. The standard InChI is InChI=1S/C14H22N2O2/c1-3-16(10-13-5-4-8-18-13)14-7-6-12(9-15-14)11(2)17/h6-7,9,11,13,17H,3-5,8,10H2,1-2H3. The second-order valence-electron chi connectivity index (χ2n) is 4.80. The summed E-state index contributed by atoms with van der Waals surface area (Å²) in [7, 11) is 0. The number of aromatic nitrogens is 1. The van der Waals surface area contributed by atoms with Gasteiger partial charge in [0.05, 0.1) is 12.2 Å². The van der Waals surface area contributed by atoms with Gasteiger partial charge in [0.2, 0.25) is 0 Å². The first-order chi connectivity index (χ1) is 8.70. The molecule has 0 radical (unpaired) electrons. The molecule has 1 aromatic rings. The molecule has 18 heavy (non-hydrogen) atoms. The zero-order chi connectivity index (χ0) is 13.0. The molecule has 0 bridgehead atoms. The second kappa shape index (κ2) is 6.16. The highest BCUT2D eigenvalue weighted by molar-refractivity contribution is 5.39. The summed E-state index contributed by atoms with van der Waals surface area (Å²) in [4.78, 5) is 6.65. The predicted molar refractivity (Wildman–Crippen MR) is 71.7 cm³/mol. The summed E-state index contributed by atoms with van der Waals surface area (Å²) in [5, 5.41) is 9.47. The van der Waals surface area contributed by atoms with Crippen LogP contribution in [0.2, 0.25) is 0 Å². The van der Waals surface area contributed by atoms with Crippen molar-refractivity contribution in [1.82, 2.24) is 4.98 Å². The summed E-state index contributed by atoms with van der Waals surface area (Å²) in [6.07, 6.45) is 3.93. The number of anilines is 1. The predicted octanol–water partition coefficient (Wildman–Crippen LogP) is 2.14. The molecule has 0 saturated carbocycles. The van der Waals surface area contributed by atoms with Crippen molar-refractivity contribution in [3.05, 3.63) is 23.9 Å². The first-order valence-electron chi connectivity index (χ1n) is 6.71. The molecule has 1 N–H and O–H groups in total. The van der Waals surface area contributed by atoms with Crippen LogP contribution in [0.25, 0.3) is 0 Å². The zero-order valence-corrected chi connectivity index (χ0v) is 11.2. The fourth-order valence-electron chi connectivity index (χ4n) is 2.25. The fraction of sp³-hybridized carbons (Fsp3) is 0.643. The zero-order valence-electron chi connectivity index (χ0n) is 11.2. The van der Waals surface area contributed by atoms with Gasteiger partial charge in [-0.2, -0.15) is 0 Å². The van der Waals surface area contributed by atoms with E-state index in [4.69, 9.17) is 4.74 Å². The number of ether oxygens (including phenoxy) is 1. The average Bonchev–Trinajstić information content (AvgIpc) is 2.89. The molecule has 2 rings (SSSR count). The molecule has 4 heteroatoms. The third-order valence-corrected chi connectivity index (χ3v) is 3.41. The van der Waals surface area contributed by atoms with E-state index in [9.17, 15) is 5.11 Å². The number of hydrogen-bond donors (Lipinski definition) is 1. The third kappa shape index (κ3) is 3.21. The van der Waals surface area contributed by atoms with Crippen LogP contribution in [0.3, 0.4) is 0 Å². The van der Waals surface area contributed by atoms with Gasteiger partial charge in [-0.05, 0) is 38.3 Å². The average molecular weight is 250 g/mol. The molecule has 2 heterocycles. The van der Waals surface area contributed by atoms with Crippen molar-refractivity contribution < 1.29 is 9.84 Å². The molecular weight excluding hydrogens is 228 g/mol. The van der Waals surface area contributed by atoms with E-state index >= 15 is 0 Å². The Morgan fingerprint density at radius 2 is 2.39 bits per heavy atom. The molecule has 1 fully saturated rings. The number of hydrogen-bond acceptors (Lipinski definition) is 4. The van der Waals surface area contributed by atoms with Crippen molar-refractivity contribution in [2.24, 2.45) is 0 Å². The lowest BCUT2D eigenvalue weighted by Crippen LogP contribution is -2.32. The molecule has 100 valence electrons. The van der Waals surface area contributed by atoms with E-state index in [1.807, 2.05) is 12.1 Å². The lowest BCUT2D eigenvalue weighted by Gasteiger charge is -2.25. The van der Waals surface area contributed by atoms with Gasteiger partial charge in [0.25, 0.3) is 0 Å². The SMILES string of the molecule is CCN(CC1CCCO1)c1ccc(C(C)O)cn1. The maximum atomic E-state index is 9.47. The molecule has 1 saturated heterocycles. The molecule has 1 aromatic heterocycles. The Hall–Kier alpha value is -1.13. The lowest BCUT2D eigenvalue weighted by molar-refractivity contribution is 0.115. The normalized spacial score (nSPS) is 20.9. The minimum Gasteiger partial charge on any atom is -0.389 e. The van der Waals surface area contributed by atoms with Gasteiger partial charge >= 0.3 is 0 Å². The lowest BCUT2D eigenvalue weighted by atomic mass is 10.2. The van der Waals surface area contributed by atoms with Crippen LogP contribution >= 0.6 is 0 Å². The molecule has 0 aromatic carbocycles. The van der Waals surface area contributed by atoms with Crippen molar-refractivity contribution in [3.63, 3.8) is 0 Å². The van der Waals surface area contributed by atoms with Crippen LogP contribution in [0.4, 0.5) is 5.82 Å². The summed E-state index contributed by atoms with van der Waals surface area (Å²) >= 11 is 0. The third-order valence-electron chi connectivity index (χ3n) is 3.41. The van der Waals surface area contributed by atoms with Gasteiger partial charge in [-0.15, -0.1) is 0 Å². The number of pyridine rings is 1. The molecule has 1 aliphatic rings. The number of nitrogens with zero attached hydrogens (tertiary/aromatic N) is 2. The van der Waals surface area contributed by atoms with E-state index in [-0.39, 0.29) is 0 Å². The van der Waals surface area contributed by atoms with Crippen molar-refractivity contribution in [2.75, 3.05) is 24.6 Å². The Balaban J connectivity index is 2.02. The molecule has 4 nitrogen and oxygen atoms in total. The highest BCUT2D eigenvalue weighted by atomic mass is 16.5. The van der Waals surface area contributed by atoms with Crippen LogP contribution in [-0.2, 0) is 4.74 Å². The first-order valence-corrected chi connectivity index (χ1v) is 6.71. The van der Waals surface area contributed by atoms with Gasteiger partial charge in [-0.25, -0.2) is 4.98 Å². The van der Waals surface area contributed by atoms with Gasteiger partial charge < -0.3 is 14.7 Å². The largest absolute Gasteiger partial charge is 0.389 e. The van der Waals surface area contributed by atoms with Crippen LogP contribution in [0.1, 0.15) is 38.4 Å². The maximum Gasteiger partial charge on any atom is 0.128 e. The molecule has 1 aliphatic heterocycles. The quantitative estimate of drug-likeness (QED) is 0.869. The first kappa shape index (κ1) is 13.3. The van der Waals surface area contributed by atoms with Crippen molar-refractivity contribution in [3.8, 4) is 0 Å². The highest BCUT2D eigenvalue weighted by Crippen LogP contribution is 2.19. The minimum absolute atomic E-state index is 0.336. The second-order valence-corrected chi connectivity index (χ2v) is 4.80. The Labute approximate surface area is 109 Å². The fourth-order valence-corrected chi connectivity index (χ4v) is 2.25. The highest BCUT2D eigenvalue weighted by Gasteiger charge is 2.19. The Morgan fingerprint density at radius 3 is 2.89 bits per heavy atom. The van der Waals surface area contributed by atoms with Crippen LogP contribution in [0.15, 0.2) is 18.3 Å². The van der Waals surface area contributed by atoms with Crippen LogP contribution in [0.5, 0.6) is 0 Å². The smallest absolute Gasteiger partial charge is 0.128 e. The Morgan fingerprint density at radius 1 is 1.56 bits per heavy atom. The Bertz CT molecular complexity index is 359. The summed E-state index contributed by atoms with van der Waals surface area (Å²) in [6.45, 7) is 6.58. The monoisotopic (exact) mass is 250 g/mol. The van der Waals surface area contributed by atoms with Crippen LogP contribution in [0, 0.1) is 0 Å². The summed E-state index contributed by atoms with van der Waals surface area (Å²) < 4.78 is 5.66. The van der Waals surface area contributed by atoms with Gasteiger partial charge in [0.15, 0.2) is 0 Å². The molecule has 2 unspecified atom stereocenters. The minimum atomic E-state index is -0.459. The van der Waals surface area contributed by atoms with E-state index in [1.54, 1.807) is 13.1 Å². The summed E-state index contributed by atoms with van der Waals surface area (Å²) in [5.74, 6) is 0.956. The van der Waals surface area contributed by atoms with E-state index < -0.39 is 6.10 Å². The molecule has 0 amide bonds. The van der Waals surface area contributed by atoms with Crippen molar-refractivity contribution in [1.29, 1.82) is 0 Å². The Kier molecular flexibility index (Phi) is 4.55. The number of rotatable bonds is 5. The van der Waals surface area contributed by atoms with Gasteiger partial charge in [0, 0.05) is 25.9 Å². The summed E-state index contributed by atoms with van der Waals surface area (Å²) in [5.41, 5.74) is 0.854. The van der Waals surface area contributed by atoms with Crippen LogP contribution < -0.4 is 4.90 Å². The van der Waals surface area contributed by atoms with Gasteiger partial charge in [0.1, 0.15) is 5.82 Å². The van der Waals surface area contributed by atoms with Gasteiger partial charge in [-0.3, -0.25) is 0 Å². The van der Waals surface area contributed by atoms with E-state index in [0.717, 1.165) is 43.9 Å². The van der Waals surface area contributed by atoms with Crippen LogP contribution in [-0.4, -0.2) is 35.9 Å². The number of likely N-dealkylation sites (N-methyl/N-ethyl adjacent to an activating group) is 1. The van der Waals surface area contributed by atoms with Crippen molar-refractivity contribution >= 4 is 5.82 Å². The van der Waals surface area contributed by atoms with E-state index in [0.29, 0.717) is 6.10 Å². The molecular formula is C14H22N2O2. The summed E-state index contributed by atoms with van der Waals surface area (Å²) in [6, 6.07) is 3.91. The van der Waals surface area contributed by atoms with Crippen molar-refractivity contribution in [2.45, 2.75) is 38.9 Å². The van der Waals surface area contributed by atoms with E-state index in [1.165, 1.54) is 0 Å².